The molecule has 20 heavy (non-hydrogen) atoms. The highest BCUT2D eigenvalue weighted by atomic mass is 16.5. The van der Waals surface area contributed by atoms with Gasteiger partial charge in [-0.05, 0) is 19.1 Å². The number of nitrogens with zero attached hydrogens (tertiary/aromatic N) is 3. The molecule has 0 aliphatic heterocycles. The Hall–Kier alpha value is -1.92. The second-order valence-corrected chi connectivity index (χ2v) is 4.46. The Morgan fingerprint density at radius 3 is 2.65 bits per heavy atom. The smallest absolute Gasteiger partial charge is 0.119 e. The topological polar surface area (TPSA) is 69.4 Å². The molecule has 0 fully saturated rings. The van der Waals surface area contributed by atoms with E-state index in [1.807, 2.05) is 31.2 Å². The summed E-state index contributed by atoms with van der Waals surface area (Å²) in [6, 6.07) is 7.88. The summed E-state index contributed by atoms with van der Waals surface area (Å²) in [5, 5.41) is 17.1. The van der Waals surface area contributed by atoms with Crippen LogP contribution in [0, 0.1) is 6.92 Å². The molecule has 108 valence electrons. The summed E-state index contributed by atoms with van der Waals surface area (Å²) in [4.78, 5) is 0. The van der Waals surface area contributed by atoms with Crippen molar-refractivity contribution in [3.05, 3.63) is 41.2 Å². The average Bonchev–Trinajstić information content (AvgIpc) is 2.84. The Morgan fingerprint density at radius 2 is 2.00 bits per heavy atom. The molecule has 2 aromatic rings. The number of methoxy groups -OCH3 is 1. The third-order valence-electron chi connectivity index (χ3n) is 2.94. The number of rotatable bonds is 7. The summed E-state index contributed by atoms with van der Waals surface area (Å²) in [7, 11) is 1.60. The quantitative estimate of drug-likeness (QED) is 0.826. The van der Waals surface area contributed by atoms with Crippen LogP contribution >= 0.6 is 0 Å². The largest absolute Gasteiger partial charge is 0.492 e. The molecule has 0 saturated carbocycles. The van der Waals surface area contributed by atoms with Gasteiger partial charge in [0.1, 0.15) is 18.1 Å². The molecule has 1 heterocycles. The molecule has 6 heteroatoms. The minimum absolute atomic E-state index is 0.141. The third-order valence-corrected chi connectivity index (χ3v) is 2.94. The van der Waals surface area contributed by atoms with Crippen molar-refractivity contribution in [1.29, 1.82) is 0 Å². The van der Waals surface area contributed by atoms with Gasteiger partial charge in [0.05, 0.1) is 25.5 Å². The first-order valence-corrected chi connectivity index (χ1v) is 6.45. The Kier molecular flexibility index (Phi) is 5.09. The molecule has 0 aliphatic carbocycles. The van der Waals surface area contributed by atoms with Crippen LogP contribution in [-0.2, 0) is 24.5 Å². The van der Waals surface area contributed by atoms with Crippen LogP contribution in [0.5, 0.6) is 5.75 Å². The van der Waals surface area contributed by atoms with E-state index in [0.29, 0.717) is 25.5 Å². The molecule has 1 N–H and O–H groups in total. The van der Waals surface area contributed by atoms with Crippen molar-refractivity contribution in [2.75, 3.05) is 13.7 Å². The summed E-state index contributed by atoms with van der Waals surface area (Å²) in [5.74, 6) is 0.825. The predicted molar refractivity (Wildman–Crippen MR) is 73.3 cm³/mol. The fraction of sp³-hybridized carbons (Fsp3) is 0.429. The lowest BCUT2D eigenvalue weighted by molar-refractivity contribution is 0.170. The molecule has 2 rings (SSSR count). The van der Waals surface area contributed by atoms with Gasteiger partial charge < -0.3 is 14.6 Å². The van der Waals surface area contributed by atoms with E-state index in [4.69, 9.17) is 9.47 Å². The molecule has 6 nitrogen and oxygen atoms in total. The minimum Gasteiger partial charge on any atom is -0.492 e. The number of benzene rings is 1. The zero-order valence-electron chi connectivity index (χ0n) is 11.7. The fourth-order valence-corrected chi connectivity index (χ4v) is 1.85. The van der Waals surface area contributed by atoms with Gasteiger partial charge in [0, 0.05) is 7.11 Å². The zero-order valence-corrected chi connectivity index (χ0v) is 11.7. The maximum atomic E-state index is 9.19. The van der Waals surface area contributed by atoms with Gasteiger partial charge in [-0.25, -0.2) is 4.68 Å². The average molecular weight is 277 g/mol. The van der Waals surface area contributed by atoms with Crippen LogP contribution in [0.25, 0.3) is 0 Å². The summed E-state index contributed by atoms with van der Waals surface area (Å²) in [6.45, 7) is 3.30. The number of aromatic nitrogens is 3. The van der Waals surface area contributed by atoms with E-state index in [1.165, 1.54) is 5.56 Å². The van der Waals surface area contributed by atoms with Crippen LogP contribution in [0.3, 0.4) is 0 Å². The highest BCUT2D eigenvalue weighted by molar-refractivity contribution is 5.26. The van der Waals surface area contributed by atoms with Crippen molar-refractivity contribution in [1.82, 2.24) is 15.0 Å². The summed E-state index contributed by atoms with van der Waals surface area (Å²) in [5.41, 5.74) is 2.52. The lowest BCUT2D eigenvalue weighted by Gasteiger charge is -2.09. The number of aliphatic hydroxyl groups is 1. The van der Waals surface area contributed by atoms with Gasteiger partial charge in [0.2, 0.25) is 0 Å². The predicted octanol–water partition coefficient (Wildman–Crippen LogP) is 1.30. The van der Waals surface area contributed by atoms with Crippen LogP contribution in [-0.4, -0.2) is 33.8 Å². The molecule has 0 amide bonds. The number of hydrogen-bond acceptors (Lipinski definition) is 5. The van der Waals surface area contributed by atoms with Crippen molar-refractivity contribution < 1.29 is 14.6 Å². The van der Waals surface area contributed by atoms with Gasteiger partial charge in [-0.1, -0.05) is 22.9 Å². The summed E-state index contributed by atoms with van der Waals surface area (Å²) >= 11 is 0. The lowest BCUT2D eigenvalue weighted by atomic mass is 10.2. The van der Waals surface area contributed by atoms with E-state index in [9.17, 15) is 5.11 Å². The van der Waals surface area contributed by atoms with Gasteiger partial charge in [0.25, 0.3) is 0 Å². The Labute approximate surface area is 117 Å². The molecular formula is C14H19N3O3. The van der Waals surface area contributed by atoms with Gasteiger partial charge in [-0.15, -0.1) is 5.10 Å². The van der Waals surface area contributed by atoms with Crippen LogP contribution < -0.4 is 4.74 Å². The molecule has 0 radical (unpaired) electrons. The number of hydrogen-bond donors (Lipinski definition) is 1. The lowest BCUT2D eigenvalue weighted by Crippen LogP contribution is -2.13. The van der Waals surface area contributed by atoms with Crippen molar-refractivity contribution in [3.63, 3.8) is 0 Å². The monoisotopic (exact) mass is 277 g/mol. The molecule has 0 aliphatic rings. The highest BCUT2D eigenvalue weighted by Gasteiger charge is 2.11. The van der Waals surface area contributed by atoms with Crippen LogP contribution in [0.4, 0.5) is 0 Å². The third kappa shape index (κ3) is 3.55. The molecule has 0 unspecified atom stereocenters. The number of aryl methyl sites for hydroxylation is 1. The van der Waals surface area contributed by atoms with E-state index < -0.39 is 0 Å². The minimum atomic E-state index is -0.141. The van der Waals surface area contributed by atoms with Crippen molar-refractivity contribution >= 4 is 0 Å². The molecule has 0 saturated heterocycles. The Balaban J connectivity index is 1.93. The Morgan fingerprint density at radius 1 is 1.25 bits per heavy atom. The molecular weight excluding hydrogens is 258 g/mol. The number of aliphatic hydroxyl groups excluding tert-OH is 1. The molecule has 0 spiro atoms. The molecule has 0 bridgehead atoms. The van der Waals surface area contributed by atoms with Crippen LogP contribution in [0.15, 0.2) is 24.3 Å². The first-order valence-electron chi connectivity index (χ1n) is 6.45. The van der Waals surface area contributed by atoms with Crippen molar-refractivity contribution in [2.45, 2.75) is 26.7 Å². The maximum absolute atomic E-state index is 9.19. The summed E-state index contributed by atoms with van der Waals surface area (Å²) in [6.07, 6.45) is 0. The van der Waals surface area contributed by atoms with Gasteiger partial charge in [-0.3, -0.25) is 0 Å². The molecule has 1 aromatic heterocycles. The summed E-state index contributed by atoms with van der Waals surface area (Å²) < 4.78 is 12.4. The van der Waals surface area contributed by atoms with Crippen LogP contribution in [0.1, 0.15) is 17.0 Å². The van der Waals surface area contributed by atoms with Gasteiger partial charge in [-0.2, -0.15) is 0 Å². The first kappa shape index (κ1) is 14.5. The Bertz CT molecular complexity index is 537. The van der Waals surface area contributed by atoms with E-state index in [0.717, 1.165) is 11.4 Å². The normalized spacial score (nSPS) is 10.8. The van der Waals surface area contributed by atoms with Gasteiger partial charge in [0.15, 0.2) is 0 Å². The SMILES string of the molecule is COCc1c(CO)nnn1CCOc1ccc(C)cc1. The van der Waals surface area contributed by atoms with E-state index >= 15 is 0 Å². The number of ether oxygens (including phenoxy) is 2. The van der Waals surface area contributed by atoms with E-state index in [2.05, 4.69) is 10.3 Å². The standard InChI is InChI=1S/C14H19N3O3/c1-11-3-5-12(6-4-11)20-8-7-17-14(10-19-2)13(9-18)15-16-17/h3-6,18H,7-10H2,1-2H3. The molecule has 1 aromatic carbocycles. The van der Waals surface area contributed by atoms with Gasteiger partial charge >= 0.3 is 0 Å². The first-order chi connectivity index (χ1) is 9.74. The van der Waals surface area contributed by atoms with E-state index in [-0.39, 0.29) is 6.61 Å². The zero-order chi connectivity index (χ0) is 14.4. The van der Waals surface area contributed by atoms with Crippen molar-refractivity contribution in [3.8, 4) is 5.75 Å². The van der Waals surface area contributed by atoms with E-state index in [1.54, 1.807) is 11.8 Å². The van der Waals surface area contributed by atoms with Crippen LogP contribution in [0.2, 0.25) is 0 Å². The second-order valence-electron chi connectivity index (χ2n) is 4.46. The van der Waals surface area contributed by atoms with Crippen molar-refractivity contribution in [2.24, 2.45) is 0 Å². The maximum Gasteiger partial charge on any atom is 0.119 e. The molecule has 0 atom stereocenters. The fourth-order valence-electron chi connectivity index (χ4n) is 1.85. The second kappa shape index (κ2) is 7.02. The highest BCUT2D eigenvalue weighted by Crippen LogP contribution is 2.12.